The van der Waals surface area contributed by atoms with Gasteiger partial charge in [0.05, 0.1) is 0 Å². The van der Waals surface area contributed by atoms with Crippen LogP contribution in [0.3, 0.4) is 0 Å². The Morgan fingerprint density at radius 1 is 1.46 bits per heavy atom. The van der Waals surface area contributed by atoms with Crippen LogP contribution in [0, 0.1) is 0 Å². The minimum absolute atomic E-state index is 0. The molecule has 2 N–H and O–H groups in total. The molecule has 0 radical (unpaired) electrons. The van der Waals surface area contributed by atoms with Crippen molar-refractivity contribution in [3.8, 4) is 0 Å². The Morgan fingerprint density at radius 2 is 2.08 bits per heavy atom. The molecular weight excluding hydrogens is 223 g/mol. The van der Waals surface area contributed by atoms with Crippen LogP contribution in [0.1, 0.15) is 10.8 Å². The van der Waals surface area contributed by atoms with Crippen LogP contribution < -0.4 is 5.73 Å². The van der Waals surface area contributed by atoms with Gasteiger partial charge in [0.25, 0.3) is 0 Å². The molecule has 0 spiro atoms. The van der Waals surface area contributed by atoms with E-state index in [9.17, 15) is 13.2 Å². The lowest BCUT2D eigenvalue weighted by Gasteiger charge is -2.16. The summed E-state index contributed by atoms with van der Waals surface area (Å²) < 4.78 is 36.6. The van der Waals surface area contributed by atoms with Gasteiger partial charge in [-0.1, -0.05) is 6.07 Å². The van der Waals surface area contributed by atoms with Crippen LogP contribution in [0.5, 0.6) is 0 Å². The second-order valence-electron chi connectivity index (χ2n) is 2.35. The monoisotopic (exact) mass is 231 g/mol. The molecule has 76 valence electrons. The Balaban J connectivity index is 0.00000144. The lowest BCUT2D eigenvalue weighted by molar-refractivity contribution is -0.147. The van der Waals surface area contributed by atoms with E-state index in [2.05, 4.69) is 0 Å². The van der Waals surface area contributed by atoms with Crippen LogP contribution in [0.2, 0.25) is 0 Å². The molecule has 1 unspecified atom stereocenters. The van der Waals surface area contributed by atoms with Crippen molar-refractivity contribution in [2.24, 2.45) is 5.73 Å². The molecule has 0 bridgehead atoms. The van der Waals surface area contributed by atoms with Gasteiger partial charge in [-0.15, -0.1) is 23.7 Å². The maximum atomic E-state index is 12.2. The van der Waals surface area contributed by atoms with Crippen molar-refractivity contribution < 1.29 is 13.2 Å². The van der Waals surface area contributed by atoms with Gasteiger partial charge in [0, 0.05) is 11.4 Å². The molecule has 1 rings (SSSR count). The summed E-state index contributed by atoms with van der Waals surface area (Å²) in [5, 5.41) is 1.61. The molecule has 0 saturated carbocycles. The molecule has 0 aromatic carbocycles. The van der Waals surface area contributed by atoms with Gasteiger partial charge in [0.15, 0.2) is 0 Å². The first kappa shape index (κ1) is 12.7. The highest BCUT2D eigenvalue weighted by atomic mass is 35.5. The van der Waals surface area contributed by atoms with Gasteiger partial charge >= 0.3 is 6.18 Å². The second-order valence-corrected chi connectivity index (χ2v) is 3.32. The number of hydrogen-bond donors (Lipinski definition) is 1. The predicted molar refractivity (Wildman–Crippen MR) is 49.4 cm³/mol. The molecule has 1 atom stereocenters. The smallest absolute Gasteiger partial charge is 0.329 e. The minimum atomic E-state index is -4.22. The van der Waals surface area contributed by atoms with Crippen molar-refractivity contribution in [2.45, 2.75) is 12.1 Å². The first-order valence-corrected chi connectivity index (χ1v) is 4.24. The zero-order chi connectivity index (χ0) is 9.19. The molecule has 0 aliphatic carbocycles. The van der Waals surface area contributed by atoms with Gasteiger partial charge in [0.1, 0.15) is 5.92 Å². The molecule has 0 amide bonds. The molecular formula is C7H9ClF3NS. The number of hydrogen-bond acceptors (Lipinski definition) is 2. The van der Waals surface area contributed by atoms with Crippen molar-refractivity contribution in [3.63, 3.8) is 0 Å². The third kappa shape index (κ3) is 3.17. The molecule has 0 aliphatic heterocycles. The molecule has 0 saturated heterocycles. The molecule has 1 aromatic rings. The highest BCUT2D eigenvalue weighted by molar-refractivity contribution is 7.10. The van der Waals surface area contributed by atoms with E-state index in [1.165, 1.54) is 6.07 Å². The van der Waals surface area contributed by atoms with Crippen LogP contribution in [-0.2, 0) is 0 Å². The summed E-state index contributed by atoms with van der Waals surface area (Å²) >= 11 is 1.08. The fourth-order valence-corrected chi connectivity index (χ4v) is 1.77. The van der Waals surface area contributed by atoms with Crippen LogP contribution in [0.25, 0.3) is 0 Å². The Morgan fingerprint density at radius 3 is 2.38 bits per heavy atom. The second kappa shape index (κ2) is 4.83. The molecule has 1 heterocycles. The number of halogens is 4. The van der Waals surface area contributed by atoms with Crippen LogP contribution in [-0.4, -0.2) is 12.7 Å². The third-order valence-electron chi connectivity index (χ3n) is 1.52. The lowest BCUT2D eigenvalue weighted by atomic mass is 10.1. The summed E-state index contributed by atoms with van der Waals surface area (Å²) in [6.07, 6.45) is -4.22. The number of thiophene rings is 1. The van der Waals surface area contributed by atoms with Gasteiger partial charge in [-0.2, -0.15) is 13.2 Å². The zero-order valence-electron chi connectivity index (χ0n) is 6.54. The minimum Gasteiger partial charge on any atom is -0.329 e. The van der Waals surface area contributed by atoms with Gasteiger partial charge < -0.3 is 5.73 Å². The van der Waals surface area contributed by atoms with Crippen molar-refractivity contribution in [1.29, 1.82) is 0 Å². The summed E-state index contributed by atoms with van der Waals surface area (Å²) in [6, 6.07) is 3.05. The van der Waals surface area contributed by atoms with Gasteiger partial charge in [0.2, 0.25) is 0 Å². The maximum absolute atomic E-state index is 12.2. The van der Waals surface area contributed by atoms with Crippen molar-refractivity contribution in [2.75, 3.05) is 6.54 Å². The average Bonchev–Trinajstić information content (AvgIpc) is 2.38. The van der Waals surface area contributed by atoms with Crippen molar-refractivity contribution in [3.05, 3.63) is 22.4 Å². The summed E-state index contributed by atoms with van der Waals surface area (Å²) in [6.45, 7) is -0.385. The maximum Gasteiger partial charge on any atom is 0.397 e. The fourth-order valence-electron chi connectivity index (χ4n) is 0.901. The van der Waals surface area contributed by atoms with Gasteiger partial charge in [-0.25, -0.2) is 0 Å². The SMILES string of the molecule is Cl.NCC(c1cccs1)C(F)(F)F. The van der Waals surface area contributed by atoms with E-state index in [-0.39, 0.29) is 23.8 Å². The van der Waals surface area contributed by atoms with Crippen LogP contribution in [0.4, 0.5) is 13.2 Å². The molecule has 1 nitrogen and oxygen atoms in total. The Labute approximate surface area is 84.2 Å². The Hall–Kier alpha value is -0.260. The van der Waals surface area contributed by atoms with E-state index in [4.69, 9.17) is 5.73 Å². The average molecular weight is 232 g/mol. The summed E-state index contributed by atoms with van der Waals surface area (Å²) in [4.78, 5) is 0.282. The molecule has 1 aromatic heterocycles. The van der Waals surface area contributed by atoms with E-state index >= 15 is 0 Å². The topological polar surface area (TPSA) is 26.0 Å². The van der Waals surface area contributed by atoms with E-state index in [1.54, 1.807) is 11.4 Å². The quantitative estimate of drug-likeness (QED) is 0.832. The van der Waals surface area contributed by atoms with Crippen LogP contribution >= 0.6 is 23.7 Å². The lowest BCUT2D eigenvalue weighted by Crippen LogP contribution is -2.27. The number of alkyl halides is 3. The first-order valence-electron chi connectivity index (χ1n) is 3.36. The van der Waals surface area contributed by atoms with E-state index < -0.39 is 12.1 Å². The fraction of sp³-hybridized carbons (Fsp3) is 0.429. The molecule has 0 aliphatic rings. The Bertz CT molecular complexity index is 234. The van der Waals surface area contributed by atoms with Gasteiger partial charge in [-0.05, 0) is 11.4 Å². The summed E-state index contributed by atoms with van der Waals surface area (Å²) in [7, 11) is 0. The first-order chi connectivity index (χ1) is 5.55. The number of rotatable bonds is 2. The molecule has 0 fully saturated rings. The summed E-state index contributed by atoms with van der Waals surface area (Å²) in [5.74, 6) is -1.50. The standard InChI is InChI=1S/C7H8F3NS.ClH/c8-7(9,10)5(4-11)6-2-1-3-12-6;/h1-3,5H,4,11H2;1H. The van der Waals surface area contributed by atoms with Crippen molar-refractivity contribution >= 4 is 23.7 Å². The predicted octanol–water partition coefficient (Wildman–Crippen LogP) is 2.77. The van der Waals surface area contributed by atoms with Gasteiger partial charge in [-0.3, -0.25) is 0 Å². The Kier molecular flexibility index (Phi) is 4.74. The highest BCUT2D eigenvalue weighted by Gasteiger charge is 2.40. The molecule has 6 heteroatoms. The summed E-state index contributed by atoms with van der Waals surface area (Å²) in [5.41, 5.74) is 5.04. The third-order valence-corrected chi connectivity index (χ3v) is 2.50. The van der Waals surface area contributed by atoms with E-state index in [0.29, 0.717) is 0 Å². The van der Waals surface area contributed by atoms with E-state index in [1.807, 2.05) is 0 Å². The zero-order valence-corrected chi connectivity index (χ0v) is 8.18. The van der Waals surface area contributed by atoms with Crippen LogP contribution in [0.15, 0.2) is 17.5 Å². The number of nitrogens with two attached hydrogens (primary N) is 1. The highest BCUT2D eigenvalue weighted by Crippen LogP contribution is 2.35. The largest absolute Gasteiger partial charge is 0.397 e. The van der Waals surface area contributed by atoms with E-state index in [0.717, 1.165) is 11.3 Å². The normalized spacial score (nSPS) is 13.5. The molecule has 13 heavy (non-hydrogen) atoms. The van der Waals surface area contributed by atoms with Crippen molar-refractivity contribution in [1.82, 2.24) is 0 Å².